The van der Waals surface area contributed by atoms with E-state index in [-0.39, 0.29) is 5.82 Å². The van der Waals surface area contributed by atoms with Crippen molar-refractivity contribution in [3.8, 4) is 0 Å². The Hall–Kier alpha value is -4.01. The van der Waals surface area contributed by atoms with Gasteiger partial charge in [0.05, 0.1) is 12.6 Å². The summed E-state index contributed by atoms with van der Waals surface area (Å²) < 4.78 is 20.9. The van der Waals surface area contributed by atoms with Crippen LogP contribution in [-0.4, -0.2) is 26.6 Å². The van der Waals surface area contributed by atoms with Crippen LogP contribution in [0.2, 0.25) is 0 Å². The molecule has 4 rings (SSSR count). The van der Waals surface area contributed by atoms with Crippen LogP contribution in [0.1, 0.15) is 29.9 Å². The number of para-hydroxylation sites is 1. The van der Waals surface area contributed by atoms with Gasteiger partial charge in [-0.25, -0.2) is 14.1 Å². The minimum absolute atomic E-state index is 0.372. The van der Waals surface area contributed by atoms with E-state index < -0.39 is 17.9 Å². The number of benzene rings is 2. The lowest BCUT2D eigenvalue weighted by Crippen LogP contribution is -2.37. The van der Waals surface area contributed by atoms with Gasteiger partial charge >= 0.3 is 11.8 Å². The third kappa shape index (κ3) is 4.30. The molecule has 0 fully saturated rings. The summed E-state index contributed by atoms with van der Waals surface area (Å²) in [6.45, 7) is 3.87. The standard InChI is InChI=1S/C22H20FN5O3/c1-13-17-9-16(23)7-8-19(17)31-20(13)14(2)26-21(29)22(30)27-18-6-4-3-5-15(18)10-28-12-24-11-25-28/h3-9,11-12,14H,10H2,1-2H3,(H,26,29)(H,27,30). The molecule has 0 saturated heterocycles. The number of hydrogen-bond donors (Lipinski definition) is 2. The van der Waals surface area contributed by atoms with E-state index in [1.807, 2.05) is 12.1 Å². The van der Waals surface area contributed by atoms with Crippen LogP contribution in [0.3, 0.4) is 0 Å². The van der Waals surface area contributed by atoms with Crippen LogP contribution in [0.5, 0.6) is 0 Å². The van der Waals surface area contributed by atoms with Crippen molar-refractivity contribution < 1.29 is 18.4 Å². The molecule has 1 unspecified atom stereocenters. The number of rotatable bonds is 5. The molecule has 9 heteroatoms. The van der Waals surface area contributed by atoms with Crippen molar-refractivity contribution in [3.63, 3.8) is 0 Å². The van der Waals surface area contributed by atoms with Crippen molar-refractivity contribution in [2.75, 3.05) is 5.32 Å². The number of aryl methyl sites for hydroxylation is 1. The summed E-state index contributed by atoms with van der Waals surface area (Å²) in [7, 11) is 0. The number of carbonyl (C=O) groups is 2. The highest BCUT2D eigenvalue weighted by molar-refractivity contribution is 6.39. The zero-order chi connectivity index (χ0) is 22.0. The predicted molar refractivity (Wildman–Crippen MR) is 112 cm³/mol. The summed E-state index contributed by atoms with van der Waals surface area (Å²) in [6, 6.07) is 10.8. The Balaban J connectivity index is 1.46. The lowest BCUT2D eigenvalue weighted by molar-refractivity contribution is -0.136. The first-order valence-electron chi connectivity index (χ1n) is 9.63. The minimum atomic E-state index is -0.811. The molecule has 2 amide bonds. The molecule has 31 heavy (non-hydrogen) atoms. The third-order valence-corrected chi connectivity index (χ3v) is 4.95. The monoisotopic (exact) mass is 421 g/mol. The molecule has 0 bridgehead atoms. The van der Waals surface area contributed by atoms with Gasteiger partial charge in [0.1, 0.15) is 29.8 Å². The van der Waals surface area contributed by atoms with E-state index in [1.54, 1.807) is 37.0 Å². The van der Waals surface area contributed by atoms with Gasteiger partial charge < -0.3 is 15.1 Å². The van der Waals surface area contributed by atoms with Crippen LogP contribution in [0.25, 0.3) is 11.0 Å². The predicted octanol–water partition coefficient (Wildman–Crippen LogP) is 3.34. The molecule has 8 nitrogen and oxygen atoms in total. The van der Waals surface area contributed by atoms with E-state index in [2.05, 4.69) is 20.7 Å². The summed E-state index contributed by atoms with van der Waals surface area (Å²) in [4.78, 5) is 28.9. The molecule has 2 N–H and O–H groups in total. The maximum atomic E-state index is 13.5. The fourth-order valence-corrected chi connectivity index (χ4v) is 3.40. The summed E-state index contributed by atoms with van der Waals surface area (Å²) in [5, 5.41) is 9.95. The van der Waals surface area contributed by atoms with Gasteiger partial charge in [-0.05, 0) is 43.7 Å². The lowest BCUT2D eigenvalue weighted by Gasteiger charge is -2.14. The Bertz CT molecular complexity index is 1250. The molecule has 0 saturated carbocycles. The quantitative estimate of drug-likeness (QED) is 0.481. The zero-order valence-electron chi connectivity index (χ0n) is 16.9. The third-order valence-electron chi connectivity index (χ3n) is 4.95. The molecule has 4 aromatic rings. The van der Waals surface area contributed by atoms with Gasteiger partial charge in [0, 0.05) is 16.6 Å². The number of carbonyl (C=O) groups excluding carboxylic acids is 2. The number of halogens is 1. The van der Waals surface area contributed by atoms with Crippen molar-refractivity contribution >= 4 is 28.5 Å². The molecule has 158 valence electrons. The van der Waals surface area contributed by atoms with Gasteiger partial charge in [-0.15, -0.1) is 0 Å². The van der Waals surface area contributed by atoms with E-state index in [4.69, 9.17) is 4.42 Å². The Morgan fingerprint density at radius 2 is 2.00 bits per heavy atom. The molecule has 1 atom stereocenters. The maximum absolute atomic E-state index is 13.5. The maximum Gasteiger partial charge on any atom is 0.313 e. The highest BCUT2D eigenvalue weighted by atomic mass is 19.1. The van der Waals surface area contributed by atoms with Gasteiger partial charge in [-0.2, -0.15) is 5.10 Å². The van der Waals surface area contributed by atoms with Gasteiger partial charge in [-0.3, -0.25) is 9.59 Å². The van der Waals surface area contributed by atoms with Crippen LogP contribution < -0.4 is 10.6 Å². The van der Waals surface area contributed by atoms with Crippen molar-refractivity contribution in [2.45, 2.75) is 26.4 Å². The number of amides is 2. The van der Waals surface area contributed by atoms with Crippen LogP contribution in [0, 0.1) is 12.7 Å². The van der Waals surface area contributed by atoms with Gasteiger partial charge in [0.25, 0.3) is 0 Å². The van der Waals surface area contributed by atoms with Crippen molar-refractivity contribution in [3.05, 3.63) is 77.8 Å². The van der Waals surface area contributed by atoms with Gasteiger partial charge in [0.15, 0.2) is 0 Å². The van der Waals surface area contributed by atoms with E-state index in [9.17, 15) is 14.0 Å². The van der Waals surface area contributed by atoms with Crippen LogP contribution in [0.15, 0.2) is 59.5 Å². The smallest absolute Gasteiger partial charge is 0.313 e. The summed E-state index contributed by atoms with van der Waals surface area (Å²) >= 11 is 0. The average Bonchev–Trinajstić information content (AvgIpc) is 3.37. The van der Waals surface area contributed by atoms with E-state index in [0.29, 0.717) is 34.5 Å². The molecule has 0 aliphatic heterocycles. The fraction of sp³-hybridized carbons (Fsp3) is 0.182. The van der Waals surface area contributed by atoms with E-state index >= 15 is 0 Å². The molecule has 0 radical (unpaired) electrons. The molecular formula is C22H20FN5O3. The molecule has 0 aliphatic rings. The first-order chi connectivity index (χ1) is 14.9. The van der Waals surface area contributed by atoms with Crippen LogP contribution >= 0.6 is 0 Å². The Kier molecular flexibility index (Phi) is 5.48. The normalized spacial score (nSPS) is 12.0. The molecule has 0 spiro atoms. The number of fused-ring (bicyclic) bond motifs is 1. The Morgan fingerprint density at radius 1 is 1.19 bits per heavy atom. The number of nitrogens with one attached hydrogen (secondary N) is 2. The van der Waals surface area contributed by atoms with Gasteiger partial charge in [0.2, 0.25) is 0 Å². The highest BCUT2D eigenvalue weighted by Crippen LogP contribution is 2.30. The second-order valence-corrected chi connectivity index (χ2v) is 7.13. The lowest BCUT2D eigenvalue weighted by atomic mass is 10.1. The SMILES string of the molecule is Cc1c(C(C)NC(=O)C(=O)Nc2ccccc2Cn2cncn2)oc2ccc(F)cc12. The van der Waals surface area contributed by atoms with Crippen molar-refractivity contribution in [1.82, 2.24) is 20.1 Å². The van der Waals surface area contributed by atoms with Gasteiger partial charge in [-0.1, -0.05) is 18.2 Å². The Morgan fingerprint density at radius 3 is 2.77 bits per heavy atom. The minimum Gasteiger partial charge on any atom is -0.459 e. The highest BCUT2D eigenvalue weighted by Gasteiger charge is 2.22. The molecular weight excluding hydrogens is 401 g/mol. The van der Waals surface area contributed by atoms with Crippen LogP contribution in [-0.2, 0) is 16.1 Å². The topological polar surface area (TPSA) is 102 Å². The number of aromatic nitrogens is 3. The second-order valence-electron chi connectivity index (χ2n) is 7.13. The molecule has 2 aromatic carbocycles. The molecule has 2 heterocycles. The Labute approximate surface area is 177 Å². The van der Waals surface area contributed by atoms with E-state index in [0.717, 1.165) is 5.56 Å². The van der Waals surface area contributed by atoms with Crippen molar-refractivity contribution in [2.24, 2.45) is 0 Å². The first-order valence-corrected chi connectivity index (χ1v) is 9.63. The zero-order valence-corrected chi connectivity index (χ0v) is 16.9. The molecule has 0 aliphatic carbocycles. The van der Waals surface area contributed by atoms with Crippen LogP contribution in [0.4, 0.5) is 10.1 Å². The number of furan rings is 1. The largest absolute Gasteiger partial charge is 0.459 e. The number of anilines is 1. The summed E-state index contributed by atoms with van der Waals surface area (Å²) in [6.07, 6.45) is 2.99. The summed E-state index contributed by atoms with van der Waals surface area (Å²) in [5.74, 6) is -1.52. The van der Waals surface area contributed by atoms with E-state index in [1.165, 1.54) is 24.5 Å². The number of hydrogen-bond acceptors (Lipinski definition) is 5. The molecule has 2 aromatic heterocycles. The fourth-order valence-electron chi connectivity index (χ4n) is 3.40. The number of nitrogens with zero attached hydrogens (tertiary/aromatic N) is 3. The summed E-state index contributed by atoms with van der Waals surface area (Å²) in [5.41, 5.74) is 2.50. The van der Waals surface area contributed by atoms with Crippen molar-refractivity contribution in [1.29, 1.82) is 0 Å². The second kappa shape index (κ2) is 8.39. The average molecular weight is 421 g/mol. The first kappa shape index (κ1) is 20.3.